The van der Waals surface area contributed by atoms with Gasteiger partial charge in [-0.05, 0) is 6.08 Å². The fourth-order valence-electron chi connectivity index (χ4n) is 1.38. The predicted molar refractivity (Wildman–Crippen MR) is 60.9 cm³/mol. The van der Waals surface area contributed by atoms with Crippen molar-refractivity contribution in [1.82, 2.24) is 0 Å². The van der Waals surface area contributed by atoms with Gasteiger partial charge in [0.05, 0.1) is 5.71 Å². The van der Waals surface area contributed by atoms with Crippen LogP contribution in [0.4, 0.5) is 0 Å². The van der Waals surface area contributed by atoms with Gasteiger partial charge in [-0.2, -0.15) is 0 Å². The van der Waals surface area contributed by atoms with Crippen molar-refractivity contribution in [2.45, 2.75) is 6.42 Å². The maximum atomic E-state index is 11.3. The van der Waals surface area contributed by atoms with Crippen molar-refractivity contribution in [3.05, 3.63) is 60.2 Å². The Morgan fingerprint density at radius 2 is 1.87 bits per heavy atom. The number of nitrogens with zero attached hydrogens (tertiary/aromatic N) is 1. The molecule has 0 radical (unpaired) electrons. The van der Waals surface area contributed by atoms with Gasteiger partial charge in [-0.1, -0.05) is 48.6 Å². The van der Waals surface area contributed by atoms with Crippen molar-refractivity contribution in [2.24, 2.45) is 4.99 Å². The lowest BCUT2D eigenvalue weighted by molar-refractivity contribution is -0.116. The van der Waals surface area contributed by atoms with Gasteiger partial charge in [0.2, 0.25) is 5.91 Å². The van der Waals surface area contributed by atoms with Crippen molar-refractivity contribution < 1.29 is 4.79 Å². The molecule has 2 rings (SSSR count). The van der Waals surface area contributed by atoms with Gasteiger partial charge in [0.25, 0.3) is 0 Å². The zero-order chi connectivity index (χ0) is 10.5. The summed E-state index contributed by atoms with van der Waals surface area (Å²) in [5, 5.41) is 0. The molecule has 74 valence electrons. The molecule has 1 aliphatic heterocycles. The molecule has 0 bridgehead atoms. The molecular weight excluding hydrogens is 186 g/mol. The van der Waals surface area contributed by atoms with Gasteiger partial charge >= 0.3 is 0 Å². The number of carbonyl (C=O) groups is 1. The highest BCUT2D eigenvalue weighted by molar-refractivity contribution is 6.13. The van der Waals surface area contributed by atoms with Crippen molar-refractivity contribution >= 4 is 11.6 Å². The summed E-state index contributed by atoms with van der Waals surface area (Å²) in [6.07, 6.45) is 7.81. The van der Waals surface area contributed by atoms with E-state index < -0.39 is 0 Å². The quantitative estimate of drug-likeness (QED) is 0.680. The van der Waals surface area contributed by atoms with E-state index in [2.05, 4.69) is 4.99 Å². The van der Waals surface area contributed by atoms with Crippen LogP contribution in [0.2, 0.25) is 0 Å². The number of allylic oxidation sites excluding steroid dienone is 3. The van der Waals surface area contributed by atoms with Gasteiger partial charge in [-0.3, -0.25) is 4.79 Å². The van der Waals surface area contributed by atoms with E-state index in [1.165, 1.54) is 0 Å². The van der Waals surface area contributed by atoms with Crippen LogP contribution in [-0.4, -0.2) is 11.6 Å². The van der Waals surface area contributed by atoms with Crippen LogP contribution in [0.3, 0.4) is 0 Å². The summed E-state index contributed by atoms with van der Waals surface area (Å²) in [6.45, 7) is 0. The van der Waals surface area contributed by atoms with E-state index >= 15 is 0 Å². The van der Waals surface area contributed by atoms with E-state index in [0.717, 1.165) is 11.3 Å². The summed E-state index contributed by atoms with van der Waals surface area (Å²) in [5.74, 6) is -0.102. The summed E-state index contributed by atoms with van der Waals surface area (Å²) in [5.41, 5.74) is 1.70. The summed E-state index contributed by atoms with van der Waals surface area (Å²) in [7, 11) is 0. The number of hydrogen-bond donors (Lipinski definition) is 0. The van der Waals surface area contributed by atoms with E-state index in [9.17, 15) is 4.79 Å². The van der Waals surface area contributed by atoms with Gasteiger partial charge in [-0.15, -0.1) is 0 Å². The molecule has 0 spiro atoms. The third-order valence-corrected chi connectivity index (χ3v) is 2.11. The van der Waals surface area contributed by atoms with Gasteiger partial charge in [-0.25, -0.2) is 4.99 Å². The first kappa shape index (κ1) is 9.59. The fourth-order valence-corrected chi connectivity index (χ4v) is 1.38. The highest BCUT2D eigenvalue weighted by Gasteiger charge is 2.03. The molecule has 1 aliphatic rings. The van der Waals surface area contributed by atoms with Crippen molar-refractivity contribution in [3.8, 4) is 0 Å². The van der Waals surface area contributed by atoms with E-state index in [4.69, 9.17) is 0 Å². The van der Waals surface area contributed by atoms with Gasteiger partial charge < -0.3 is 0 Å². The lowest BCUT2D eigenvalue weighted by Gasteiger charge is -2.01. The van der Waals surface area contributed by atoms with E-state index in [0.29, 0.717) is 6.42 Å². The molecule has 1 amide bonds. The third-order valence-electron chi connectivity index (χ3n) is 2.11. The van der Waals surface area contributed by atoms with Gasteiger partial charge in [0.1, 0.15) is 0 Å². The van der Waals surface area contributed by atoms with Crippen LogP contribution in [0.5, 0.6) is 0 Å². The Hall–Kier alpha value is -1.96. The second kappa shape index (κ2) is 4.51. The van der Waals surface area contributed by atoms with Gasteiger partial charge in [0.15, 0.2) is 0 Å². The van der Waals surface area contributed by atoms with Crippen LogP contribution < -0.4 is 0 Å². The molecule has 2 nitrogen and oxygen atoms in total. The van der Waals surface area contributed by atoms with Crippen LogP contribution in [0, 0.1) is 0 Å². The standard InChI is InChI=1S/C13H11NO/c15-13-10-6-2-5-9-12(14-13)11-7-3-1-4-8-11/h1-9H,10H2. The Morgan fingerprint density at radius 1 is 1.07 bits per heavy atom. The molecule has 0 unspecified atom stereocenters. The van der Waals surface area contributed by atoms with Crippen molar-refractivity contribution in [3.63, 3.8) is 0 Å². The second-order valence-electron chi connectivity index (χ2n) is 3.25. The molecule has 1 heterocycles. The lowest BCUT2D eigenvalue weighted by Crippen LogP contribution is -2.03. The smallest absolute Gasteiger partial charge is 0.250 e. The average Bonchev–Trinajstić information content (AvgIpc) is 2.24. The molecule has 0 atom stereocenters. The highest BCUT2D eigenvalue weighted by Crippen LogP contribution is 2.05. The van der Waals surface area contributed by atoms with E-state index in [-0.39, 0.29) is 5.91 Å². The normalized spacial score (nSPS) is 15.7. The van der Waals surface area contributed by atoms with Gasteiger partial charge in [0, 0.05) is 12.0 Å². The van der Waals surface area contributed by atoms with Crippen LogP contribution in [0.15, 0.2) is 59.6 Å². The lowest BCUT2D eigenvalue weighted by atomic mass is 10.1. The predicted octanol–water partition coefficient (Wildman–Crippen LogP) is 2.52. The number of hydrogen-bond acceptors (Lipinski definition) is 1. The number of amides is 1. The Morgan fingerprint density at radius 3 is 2.67 bits per heavy atom. The molecule has 0 aliphatic carbocycles. The van der Waals surface area contributed by atoms with Crippen LogP contribution in [-0.2, 0) is 4.79 Å². The van der Waals surface area contributed by atoms with Crippen molar-refractivity contribution in [1.29, 1.82) is 0 Å². The highest BCUT2D eigenvalue weighted by atomic mass is 16.1. The molecule has 1 aromatic carbocycles. The monoisotopic (exact) mass is 197 g/mol. The molecule has 0 saturated carbocycles. The third kappa shape index (κ3) is 2.50. The molecule has 0 fully saturated rings. The Kier molecular flexibility index (Phi) is 2.88. The minimum Gasteiger partial charge on any atom is -0.272 e. The molecule has 15 heavy (non-hydrogen) atoms. The number of carbonyl (C=O) groups excluding carboxylic acids is 1. The first-order chi connectivity index (χ1) is 7.36. The maximum absolute atomic E-state index is 11.3. The fraction of sp³-hybridized carbons (Fsp3) is 0.0769. The first-order valence-corrected chi connectivity index (χ1v) is 4.86. The van der Waals surface area contributed by atoms with Crippen LogP contribution >= 0.6 is 0 Å². The zero-order valence-electron chi connectivity index (χ0n) is 8.26. The molecular formula is C13H11NO. The average molecular weight is 197 g/mol. The van der Waals surface area contributed by atoms with E-state index in [1.807, 2.05) is 54.6 Å². The largest absolute Gasteiger partial charge is 0.272 e. The minimum absolute atomic E-state index is 0.102. The first-order valence-electron chi connectivity index (χ1n) is 4.86. The molecule has 0 N–H and O–H groups in total. The number of benzene rings is 1. The summed E-state index contributed by atoms with van der Waals surface area (Å²) < 4.78 is 0. The van der Waals surface area contributed by atoms with Crippen molar-refractivity contribution in [2.75, 3.05) is 0 Å². The topological polar surface area (TPSA) is 29.4 Å². The molecule has 2 heteroatoms. The SMILES string of the molecule is O=C1CC=CC=CC(c2ccccc2)=N1. The van der Waals surface area contributed by atoms with Crippen LogP contribution in [0.1, 0.15) is 12.0 Å². The van der Waals surface area contributed by atoms with Crippen LogP contribution in [0.25, 0.3) is 0 Å². The summed E-state index contributed by atoms with van der Waals surface area (Å²) in [6, 6.07) is 9.71. The molecule has 0 aromatic heterocycles. The Bertz CT molecular complexity index is 441. The summed E-state index contributed by atoms with van der Waals surface area (Å²) in [4.78, 5) is 15.4. The number of rotatable bonds is 1. The zero-order valence-corrected chi connectivity index (χ0v) is 8.26. The second-order valence-corrected chi connectivity index (χ2v) is 3.25. The minimum atomic E-state index is -0.102. The Labute approximate surface area is 88.7 Å². The molecule has 0 saturated heterocycles. The summed E-state index contributed by atoms with van der Waals surface area (Å²) >= 11 is 0. The maximum Gasteiger partial charge on any atom is 0.250 e. The number of aliphatic imine (C=N–C) groups is 1. The Balaban J connectivity index is 2.39. The molecule has 1 aromatic rings. The van der Waals surface area contributed by atoms with E-state index in [1.54, 1.807) is 0 Å².